The van der Waals surface area contributed by atoms with Crippen LogP contribution in [0.5, 0.6) is 0 Å². The normalized spacial score (nSPS) is 50.7. The predicted molar refractivity (Wildman–Crippen MR) is 118 cm³/mol. The van der Waals surface area contributed by atoms with Crippen molar-refractivity contribution in [2.45, 2.75) is 103 Å². The van der Waals surface area contributed by atoms with Crippen LogP contribution in [-0.4, -0.2) is 206 Å². The van der Waals surface area contributed by atoms with Gasteiger partial charge >= 0.3 is 0 Å². The molecule has 0 aliphatic carbocycles. The third kappa shape index (κ3) is 5.11. The van der Waals surface area contributed by atoms with Gasteiger partial charge in [-0.25, -0.2) is 0 Å². The Labute approximate surface area is 220 Å². The Bertz CT molecular complexity index is 763. The van der Waals surface area contributed by atoms with Crippen LogP contribution in [0.4, 0.5) is 0 Å². The van der Waals surface area contributed by atoms with Crippen molar-refractivity contribution in [1.82, 2.24) is 0 Å². The summed E-state index contributed by atoms with van der Waals surface area (Å²) in [5.41, 5.74) is -7.07. The van der Waals surface area contributed by atoms with Gasteiger partial charge in [0, 0.05) is 0 Å². The molecule has 18 nitrogen and oxygen atoms in total. The van der Waals surface area contributed by atoms with E-state index >= 15 is 0 Å². The molecule has 15 N–H and O–H groups in total. The minimum atomic E-state index is -3.59. The van der Waals surface area contributed by atoms with Crippen molar-refractivity contribution >= 4 is 0 Å². The van der Waals surface area contributed by atoms with Crippen molar-refractivity contribution in [1.29, 1.82) is 0 Å². The molecule has 4 unspecified atom stereocenters. The van der Waals surface area contributed by atoms with Gasteiger partial charge < -0.3 is 90.8 Å². The van der Waals surface area contributed by atoms with Crippen LogP contribution in [0.3, 0.4) is 0 Å². The van der Waals surface area contributed by atoms with Crippen molar-refractivity contribution in [2.24, 2.45) is 0 Å². The van der Waals surface area contributed by atoms with E-state index in [4.69, 9.17) is 14.2 Å². The molecule has 3 rings (SSSR count). The molecule has 0 bridgehead atoms. The number of hydrogen-bond acceptors (Lipinski definition) is 18. The molecule has 0 saturated carbocycles. The van der Waals surface area contributed by atoms with Crippen LogP contribution in [0.25, 0.3) is 0 Å². The number of hydrogen-bond donors (Lipinski definition) is 15. The number of aliphatic hydroxyl groups excluding tert-OH is 13. The zero-order chi connectivity index (χ0) is 29.6. The van der Waals surface area contributed by atoms with Gasteiger partial charge in [0.2, 0.25) is 0 Å². The molecule has 3 aliphatic rings. The number of ether oxygens (including phenoxy) is 3. The third-order valence-corrected chi connectivity index (χ3v) is 7.95. The first-order valence-corrected chi connectivity index (χ1v) is 12.1. The maximum Gasteiger partial charge on any atom is 0.155 e. The van der Waals surface area contributed by atoms with E-state index in [1.807, 2.05) is 0 Å². The molecule has 230 valence electrons. The first-order valence-electron chi connectivity index (χ1n) is 12.1. The highest BCUT2D eigenvalue weighted by atomic mass is 16.6. The van der Waals surface area contributed by atoms with Gasteiger partial charge in [0.25, 0.3) is 0 Å². The average molecular weight is 579 g/mol. The zero-order valence-corrected chi connectivity index (χ0v) is 20.4. The van der Waals surface area contributed by atoms with Gasteiger partial charge in [-0.3, -0.25) is 0 Å². The van der Waals surface area contributed by atoms with E-state index in [0.717, 1.165) is 0 Å². The summed E-state index contributed by atoms with van der Waals surface area (Å²) in [5.74, 6) is 0. The summed E-state index contributed by atoms with van der Waals surface area (Å²) in [5, 5.41) is 157. The van der Waals surface area contributed by atoms with Crippen LogP contribution >= 0.6 is 0 Å². The van der Waals surface area contributed by atoms with Gasteiger partial charge in [-0.15, -0.1) is 0 Å². The van der Waals surface area contributed by atoms with Crippen LogP contribution in [0.1, 0.15) is 0 Å². The van der Waals surface area contributed by atoms with Crippen molar-refractivity contribution < 1.29 is 90.8 Å². The van der Waals surface area contributed by atoms with Gasteiger partial charge in [-0.05, 0) is 0 Å². The third-order valence-electron chi connectivity index (χ3n) is 7.95. The van der Waals surface area contributed by atoms with Crippen molar-refractivity contribution in [3.63, 3.8) is 0 Å². The molecular formula is C21H38O18. The fraction of sp³-hybridized carbons (Fsp3) is 1.00. The second kappa shape index (κ2) is 12.3. The lowest BCUT2D eigenvalue weighted by atomic mass is 9.64. The molecule has 0 radical (unpaired) electrons. The van der Waals surface area contributed by atoms with E-state index in [9.17, 15) is 76.6 Å². The summed E-state index contributed by atoms with van der Waals surface area (Å²) in [4.78, 5) is 0. The smallest absolute Gasteiger partial charge is 0.155 e. The second-order valence-corrected chi connectivity index (χ2v) is 10.2. The Morgan fingerprint density at radius 1 is 0.410 bits per heavy atom. The van der Waals surface area contributed by atoms with E-state index in [0.29, 0.717) is 0 Å². The monoisotopic (exact) mass is 578 g/mol. The van der Waals surface area contributed by atoms with Gasteiger partial charge in [0.1, 0.15) is 91.6 Å². The van der Waals surface area contributed by atoms with Crippen molar-refractivity contribution in [2.75, 3.05) is 26.4 Å². The molecule has 0 spiro atoms. The number of aliphatic hydroxyl groups is 15. The van der Waals surface area contributed by atoms with Crippen LogP contribution in [-0.2, 0) is 14.2 Å². The van der Waals surface area contributed by atoms with E-state index in [-0.39, 0.29) is 0 Å². The van der Waals surface area contributed by atoms with Crippen LogP contribution in [0.15, 0.2) is 0 Å². The fourth-order valence-electron chi connectivity index (χ4n) is 5.53. The molecule has 0 aromatic heterocycles. The van der Waals surface area contributed by atoms with E-state index in [1.54, 1.807) is 0 Å². The molecule has 3 aliphatic heterocycles. The lowest BCUT2D eigenvalue weighted by molar-refractivity contribution is -0.386. The fourth-order valence-corrected chi connectivity index (χ4v) is 5.53. The Balaban J connectivity index is 2.25. The first-order chi connectivity index (χ1) is 18.2. The van der Waals surface area contributed by atoms with Gasteiger partial charge in [-0.1, -0.05) is 0 Å². The lowest BCUT2D eigenvalue weighted by Crippen LogP contribution is -2.84. The minimum Gasteiger partial charge on any atom is -0.394 e. The standard InChI is InChI=1S/C21H38O18/c22-1-5-8(26)11(29)14(32)17(37-5)20(35,4-25)21(36,18-15(33)12(30)9(27)6(2-23)38-18)19-16(34)13(31)10(28)7(3-24)39-19/h5-19,22-36H,1-4H2/t5-,6-,7-,8+,9+,10+,11+,12+,13+,14-,15-,16-,17?,18?,19?,20?,21?/m1/s1. The summed E-state index contributed by atoms with van der Waals surface area (Å²) < 4.78 is 16.1. The van der Waals surface area contributed by atoms with Crippen LogP contribution < -0.4 is 0 Å². The molecule has 0 amide bonds. The highest BCUT2D eigenvalue weighted by molar-refractivity contribution is 5.21. The highest BCUT2D eigenvalue weighted by Crippen LogP contribution is 2.46. The van der Waals surface area contributed by atoms with Crippen molar-refractivity contribution in [3.8, 4) is 0 Å². The molecule has 39 heavy (non-hydrogen) atoms. The first kappa shape index (κ1) is 32.8. The zero-order valence-electron chi connectivity index (χ0n) is 20.4. The lowest BCUT2D eigenvalue weighted by Gasteiger charge is -2.60. The van der Waals surface area contributed by atoms with Gasteiger partial charge in [-0.2, -0.15) is 0 Å². The molecule has 18 heteroatoms. The predicted octanol–water partition coefficient (Wildman–Crippen LogP) is -10.0. The van der Waals surface area contributed by atoms with E-state index in [1.165, 1.54) is 0 Å². The largest absolute Gasteiger partial charge is 0.394 e. The van der Waals surface area contributed by atoms with Crippen LogP contribution in [0, 0.1) is 0 Å². The Hall–Kier alpha value is -0.720. The van der Waals surface area contributed by atoms with Crippen LogP contribution in [0.2, 0.25) is 0 Å². The summed E-state index contributed by atoms with van der Waals surface area (Å²) in [6, 6.07) is 0. The Kier molecular flexibility index (Phi) is 10.3. The molecule has 3 saturated heterocycles. The maximum absolute atomic E-state index is 12.2. The van der Waals surface area contributed by atoms with E-state index < -0.39 is 129 Å². The second-order valence-electron chi connectivity index (χ2n) is 10.2. The van der Waals surface area contributed by atoms with Gasteiger partial charge in [0.05, 0.1) is 26.4 Å². The summed E-state index contributed by atoms with van der Waals surface area (Å²) in [6.45, 7) is -4.83. The molecule has 0 aromatic carbocycles. The summed E-state index contributed by atoms with van der Waals surface area (Å²) in [7, 11) is 0. The molecule has 3 fully saturated rings. The average Bonchev–Trinajstić information content (AvgIpc) is 2.93. The van der Waals surface area contributed by atoms with E-state index in [2.05, 4.69) is 0 Å². The molecular weight excluding hydrogens is 540 g/mol. The quantitative estimate of drug-likeness (QED) is 0.127. The summed E-state index contributed by atoms with van der Waals surface area (Å²) in [6.07, 6.45) is -32.5. The highest BCUT2D eigenvalue weighted by Gasteiger charge is 2.72. The topological polar surface area (TPSA) is 331 Å². The molecule has 3 heterocycles. The molecule has 0 aromatic rings. The van der Waals surface area contributed by atoms with Crippen molar-refractivity contribution in [3.05, 3.63) is 0 Å². The minimum absolute atomic E-state index is 1.03. The SMILES string of the molecule is OC[C@H]1OC(C(O)(CO)C(O)(C2O[C@H](CO)[C@H](O)[C@H](O)[C@H]2O)C2O[C@H](CO)[C@H](O)[C@H](O)[C@H]2O)[C@H](O)[C@@H](O)[C@H]1O. The summed E-state index contributed by atoms with van der Waals surface area (Å²) >= 11 is 0. The Morgan fingerprint density at radius 2 is 0.692 bits per heavy atom. The number of rotatable bonds is 8. The Morgan fingerprint density at radius 3 is 0.974 bits per heavy atom. The maximum atomic E-state index is 12.2. The van der Waals surface area contributed by atoms with Gasteiger partial charge in [0.15, 0.2) is 11.2 Å². The molecule has 16 atom stereocenters.